The lowest BCUT2D eigenvalue weighted by Gasteiger charge is -2.32. The fourth-order valence-electron chi connectivity index (χ4n) is 10.3. The Labute approximate surface area is 299 Å². The molecule has 4 aliphatic carbocycles. The van der Waals surface area contributed by atoms with Crippen LogP contribution in [-0.2, 0) is 10.8 Å². The summed E-state index contributed by atoms with van der Waals surface area (Å²) in [5.41, 5.74) is 18.3. The highest BCUT2D eigenvalue weighted by Gasteiger charge is 2.52. The molecule has 242 valence electrons. The summed E-state index contributed by atoms with van der Waals surface area (Å²) in [6.07, 6.45) is 8.02. The Hall–Kier alpha value is -5.92. The smallest absolute Gasteiger partial charge is 0.0726 e. The highest BCUT2D eigenvalue weighted by Crippen LogP contribution is 2.65. The highest BCUT2D eigenvalue weighted by atomic mass is 15.1. The first kappa shape index (κ1) is 28.9. The van der Waals surface area contributed by atoms with E-state index in [1.807, 2.05) is 0 Å². The van der Waals surface area contributed by atoms with Crippen molar-refractivity contribution in [2.24, 2.45) is 0 Å². The second-order valence-corrected chi connectivity index (χ2v) is 15.2. The summed E-state index contributed by atoms with van der Waals surface area (Å²) < 4.78 is 0. The van der Waals surface area contributed by atoms with Crippen molar-refractivity contribution in [2.75, 3.05) is 4.90 Å². The summed E-state index contributed by atoms with van der Waals surface area (Å²) in [6.45, 7) is 4.83. The standard InChI is InChI=1S/C50H37N/c1-49(2)41-20-9-5-16-36(41)39-29-28-35(31-46(39)49)51(34-27-26-32-14-3-4-15-33(32)30-34)47-25-13-24-45-48(47)40-19-8-12-23-44(40)50(45)42-21-10-6-17-37(42)38-18-7-11-22-43(38)50/h3-15,17-31,36H,16H2,1-2H3. The van der Waals surface area contributed by atoms with Crippen LogP contribution in [0.3, 0.4) is 0 Å². The molecule has 1 unspecified atom stereocenters. The van der Waals surface area contributed by atoms with Crippen LogP contribution in [0.15, 0.2) is 175 Å². The molecule has 7 aromatic rings. The summed E-state index contributed by atoms with van der Waals surface area (Å²) in [5, 5.41) is 2.49. The molecular formula is C50H37N. The molecule has 0 saturated heterocycles. The molecule has 0 N–H and O–H groups in total. The second kappa shape index (κ2) is 10.3. The molecule has 7 aromatic carbocycles. The third-order valence-electron chi connectivity index (χ3n) is 12.5. The molecule has 0 fully saturated rings. The van der Waals surface area contributed by atoms with E-state index in [1.54, 1.807) is 0 Å². The molecule has 1 atom stereocenters. The fraction of sp³-hybridized carbons (Fsp3) is 0.120. The van der Waals surface area contributed by atoms with Crippen molar-refractivity contribution in [2.45, 2.75) is 37.0 Å². The van der Waals surface area contributed by atoms with E-state index in [9.17, 15) is 0 Å². The van der Waals surface area contributed by atoms with E-state index in [1.165, 1.54) is 89.0 Å². The first-order valence-electron chi connectivity index (χ1n) is 18.3. The number of anilines is 3. The van der Waals surface area contributed by atoms with E-state index in [0.29, 0.717) is 5.92 Å². The quantitative estimate of drug-likeness (QED) is 0.184. The molecular weight excluding hydrogens is 615 g/mol. The number of nitrogens with zero attached hydrogens (tertiary/aromatic N) is 1. The van der Waals surface area contributed by atoms with Gasteiger partial charge in [-0.3, -0.25) is 0 Å². The lowest BCUT2D eigenvalue weighted by Crippen LogP contribution is -2.26. The van der Waals surface area contributed by atoms with Crippen molar-refractivity contribution >= 4 is 27.8 Å². The zero-order valence-electron chi connectivity index (χ0n) is 28.9. The summed E-state index contributed by atoms with van der Waals surface area (Å²) in [7, 11) is 0. The summed E-state index contributed by atoms with van der Waals surface area (Å²) in [6, 6.07) is 57.3. The number of hydrogen-bond acceptors (Lipinski definition) is 1. The van der Waals surface area contributed by atoms with Gasteiger partial charge in [-0.25, -0.2) is 0 Å². The van der Waals surface area contributed by atoms with Gasteiger partial charge in [-0.15, -0.1) is 0 Å². The van der Waals surface area contributed by atoms with Gasteiger partial charge in [0, 0.05) is 28.3 Å². The van der Waals surface area contributed by atoms with Crippen LogP contribution in [-0.4, -0.2) is 0 Å². The molecule has 0 aliphatic heterocycles. The minimum Gasteiger partial charge on any atom is -0.310 e. The van der Waals surface area contributed by atoms with E-state index >= 15 is 0 Å². The SMILES string of the molecule is CC1(C)C2=CC=CCC2c2ccc(N(c3ccc4ccccc4c3)c3cccc4c3-c3ccccc3C43c4ccccc4-c4ccccc43)cc21. The monoisotopic (exact) mass is 651 g/mol. The topological polar surface area (TPSA) is 3.24 Å². The lowest BCUT2D eigenvalue weighted by molar-refractivity contribution is 0.612. The molecule has 0 saturated carbocycles. The number of fused-ring (bicyclic) bond motifs is 14. The van der Waals surface area contributed by atoms with Gasteiger partial charge in [0.15, 0.2) is 0 Å². The fourth-order valence-corrected chi connectivity index (χ4v) is 10.3. The van der Waals surface area contributed by atoms with Crippen LogP contribution in [0.2, 0.25) is 0 Å². The minimum atomic E-state index is -0.390. The van der Waals surface area contributed by atoms with Crippen molar-refractivity contribution < 1.29 is 0 Å². The van der Waals surface area contributed by atoms with Crippen molar-refractivity contribution in [3.63, 3.8) is 0 Å². The maximum atomic E-state index is 2.54. The van der Waals surface area contributed by atoms with Gasteiger partial charge in [-0.2, -0.15) is 0 Å². The maximum Gasteiger partial charge on any atom is 0.0726 e. The summed E-state index contributed by atoms with van der Waals surface area (Å²) in [4.78, 5) is 2.54. The van der Waals surface area contributed by atoms with Gasteiger partial charge in [0.2, 0.25) is 0 Å². The first-order chi connectivity index (χ1) is 25.1. The molecule has 1 nitrogen and oxygen atoms in total. The molecule has 0 radical (unpaired) electrons. The Balaban J connectivity index is 1.21. The largest absolute Gasteiger partial charge is 0.310 e. The number of allylic oxidation sites excluding steroid dienone is 4. The molecule has 51 heavy (non-hydrogen) atoms. The van der Waals surface area contributed by atoms with E-state index in [0.717, 1.165) is 6.42 Å². The van der Waals surface area contributed by atoms with Crippen molar-refractivity contribution in [1.29, 1.82) is 0 Å². The van der Waals surface area contributed by atoms with Gasteiger partial charge < -0.3 is 4.90 Å². The van der Waals surface area contributed by atoms with Crippen LogP contribution in [0.1, 0.15) is 59.6 Å². The first-order valence-corrected chi connectivity index (χ1v) is 18.3. The summed E-state index contributed by atoms with van der Waals surface area (Å²) in [5.74, 6) is 0.457. The van der Waals surface area contributed by atoms with Crippen LogP contribution in [0, 0.1) is 0 Å². The molecule has 0 bridgehead atoms. The predicted octanol–water partition coefficient (Wildman–Crippen LogP) is 12.9. The molecule has 11 rings (SSSR count). The van der Waals surface area contributed by atoms with Gasteiger partial charge in [-0.1, -0.05) is 159 Å². The van der Waals surface area contributed by atoms with Gasteiger partial charge >= 0.3 is 0 Å². The van der Waals surface area contributed by atoms with E-state index < -0.39 is 0 Å². The van der Waals surface area contributed by atoms with Gasteiger partial charge in [0.25, 0.3) is 0 Å². The van der Waals surface area contributed by atoms with E-state index in [-0.39, 0.29) is 10.8 Å². The Kier molecular flexibility index (Phi) is 5.84. The molecule has 4 aliphatic rings. The Morgan fingerprint density at radius 2 is 1.14 bits per heavy atom. The Bertz CT molecular complexity index is 2620. The average Bonchev–Trinajstić information content (AvgIpc) is 3.74. The molecule has 1 heteroatoms. The highest BCUT2D eigenvalue weighted by molar-refractivity contribution is 6.01. The normalized spacial score (nSPS) is 17.7. The minimum absolute atomic E-state index is 0.0393. The zero-order chi connectivity index (χ0) is 33.9. The van der Waals surface area contributed by atoms with Crippen LogP contribution < -0.4 is 4.90 Å². The second-order valence-electron chi connectivity index (χ2n) is 15.2. The van der Waals surface area contributed by atoms with Crippen LogP contribution in [0.25, 0.3) is 33.0 Å². The van der Waals surface area contributed by atoms with Crippen LogP contribution in [0.4, 0.5) is 17.1 Å². The molecule has 0 aromatic heterocycles. The Morgan fingerprint density at radius 3 is 1.90 bits per heavy atom. The third-order valence-corrected chi connectivity index (χ3v) is 12.5. The number of rotatable bonds is 3. The number of hydrogen-bond donors (Lipinski definition) is 0. The van der Waals surface area contributed by atoms with Crippen LogP contribution in [0.5, 0.6) is 0 Å². The average molecular weight is 652 g/mol. The molecule has 1 spiro atoms. The van der Waals surface area contributed by atoms with Gasteiger partial charge in [-0.05, 0) is 97.6 Å². The van der Waals surface area contributed by atoms with Crippen molar-refractivity contribution in [3.05, 3.63) is 209 Å². The van der Waals surface area contributed by atoms with Gasteiger partial charge in [0.1, 0.15) is 0 Å². The molecule has 0 amide bonds. The van der Waals surface area contributed by atoms with Crippen molar-refractivity contribution in [1.82, 2.24) is 0 Å². The van der Waals surface area contributed by atoms with Crippen molar-refractivity contribution in [3.8, 4) is 22.3 Å². The molecule has 0 heterocycles. The van der Waals surface area contributed by atoms with Crippen LogP contribution >= 0.6 is 0 Å². The maximum absolute atomic E-state index is 2.54. The third kappa shape index (κ3) is 3.71. The van der Waals surface area contributed by atoms with E-state index in [2.05, 4.69) is 189 Å². The van der Waals surface area contributed by atoms with E-state index in [4.69, 9.17) is 0 Å². The zero-order valence-corrected chi connectivity index (χ0v) is 28.9. The lowest BCUT2D eigenvalue weighted by atomic mass is 9.70. The van der Waals surface area contributed by atoms with Gasteiger partial charge in [0.05, 0.1) is 11.1 Å². The Morgan fingerprint density at radius 1 is 0.529 bits per heavy atom. The predicted molar refractivity (Wildman–Crippen MR) is 213 cm³/mol. The number of benzene rings is 7. The summed E-state index contributed by atoms with van der Waals surface area (Å²) >= 11 is 0.